The van der Waals surface area contributed by atoms with Crippen molar-refractivity contribution in [3.05, 3.63) is 88.1 Å². The summed E-state index contributed by atoms with van der Waals surface area (Å²) in [5.41, 5.74) is 3.04. The predicted octanol–water partition coefficient (Wildman–Crippen LogP) is 3.45. The lowest BCUT2D eigenvalue weighted by molar-refractivity contribution is -0.915. The summed E-state index contributed by atoms with van der Waals surface area (Å²) in [4.78, 5) is 15.5. The maximum absolute atomic E-state index is 13.0. The zero-order valence-corrected chi connectivity index (χ0v) is 15.3. The van der Waals surface area contributed by atoms with E-state index >= 15 is 0 Å². The Morgan fingerprint density at radius 2 is 1.76 bits per heavy atom. The van der Waals surface area contributed by atoms with Crippen molar-refractivity contribution in [2.24, 2.45) is 0 Å². The van der Waals surface area contributed by atoms with Gasteiger partial charge >= 0.3 is 0 Å². The Bertz CT molecular complexity index is 798. The largest absolute Gasteiger partial charge is 0.321 e. The van der Waals surface area contributed by atoms with Crippen molar-refractivity contribution < 1.29 is 9.69 Å². The van der Waals surface area contributed by atoms with Gasteiger partial charge < -0.3 is 10.2 Å². The van der Waals surface area contributed by atoms with Crippen molar-refractivity contribution in [3.63, 3.8) is 0 Å². The lowest BCUT2D eigenvalue weighted by Gasteiger charge is -2.24. The van der Waals surface area contributed by atoms with Crippen molar-refractivity contribution in [1.29, 1.82) is 0 Å². The SMILES string of the molecule is Cc1ccc(NC(=O)[C@H](c2ccccc2)[NH+](C)Cc2cccs2)cc1. The van der Waals surface area contributed by atoms with E-state index in [0.29, 0.717) is 0 Å². The molecular formula is C21H23N2OS+. The molecule has 1 aromatic heterocycles. The summed E-state index contributed by atoms with van der Waals surface area (Å²) in [6, 6.07) is 21.8. The number of nitrogens with one attached hydrogen (secondary N) is 2. The minimum atomic E-state index is -0.260. The molecule has 2 aromatic carbocycles. The quantitative estimate of drug-likeness (QED) is 0.701. The van der Waals surface area contributed by atoms with Gasteiger partial charge in [0.2, 0.25) is 0 Å². The van der Waals surface area contributed by atoms with E-state index in [-0.39, 0.29) is 11.9 Å². The molecule has 2 atom stereocenters. The molecule has 2 N–H and O–H groups in total. The molecule has 3 nitrogen and oxygen atoms in total. The highest BCUT2D eigenvalue weighted by molar-refractivity contribution is 7.09. The number of quaternary nitrogens is 1. The van der Waals surface area contributed by atoms with Gasteiger partial charge in [-0.15, -0.1) is 11.3 Å². The number of hydrogen-bond donors (Lipinski definition) is 2. The monoisotopic (exact) mass is 351 g/mol. The summed E-state index contributed by atoms with van der Waals surface area (Å²) in [6.07, 6.45) is 0. The number of carbonyl (C=O) groups excluding carboxylic acids is 1. The van der Waals surface area contributed by atoms with Crippen LogP contribution in [0.1, 0.15) is 22.0 Å². The highest BCUT2D eigenvalue weighted by atomic mass is 32.1. The van der Waals surface area contributed by atoms with Crippen LogP contribution >= 0.6 is 11.3 Å². The van der Waals surface area contributed by atoms with Crippen LogP contribution in [-0.2, 0) is 11.3 Å². The van der Waals surface area contributed by atoms with Gasteiger partial charge in [0.1, 0.15) is 6.54 Å². The van der Waals surface area contributed by atoms with Gasteiger partial charge in [-0.2, -0.15) is 0 Å². The van der Waals surface area contributed by atoms with E-state index in [1.165, 1.54) is 10.4 Å². The molecule has 0 radical (unpaired) electrons. The number of thiophene rings is 1. The van der Waals surface area contributed by atoms with Gasteiger partial charge in [-0.1, -0.05) is 54.1 Å². The van der Waals surface area contributed by atoms with E-state index < -0.39 is 0 Å². The molecule has 3 rings (SSSR count). The first-order valence-corrected chi connectivity index (χ1v) is 9.28. The standard InChI is InChI=1S/C21H22N2OS/c1-16-10-12-18(13-11-16)22-21(24)20(17-7-4-3-5-8-17)23(2)15-19-9-6-14-25-19/h3-14,20H,15H2,1-2H3,(H,22,24)/p+1/t20-/m0/s1. The summed E-state index contributed by atoms with van der Waals surface area (Å²) in [7, 11) is 2.08. The molecule has 4 heteroatoms. The van der Waals surface area contributed by atoms with Gasteiger partial charge in [0.25, 0.3) is 5.91 Å². The fourth-order valence-corrected chi connectivity index (χ4v) is 3.75. The van der Waals surface area contributed by atoms with Crippen molar-refractivity contribution in [3.8, 4) is 0 Å². The minimum Gasteiger partial charge on any atom is -0.321 e. The van der Waals surface area contributed by atoms with Crippen LogP contribution in [0.15, 0.2) is 72.1 Å². The van der Waals surface area contributed by atoms with E-state index in [2.05, 4.69) is 29.9 Å². The highest BCUT2D eigenvalue weighted by Crippen LogP contribution is 2.15. The predicted molar refractivity (Wildman–Crippen MR) is 104 cm³/mol. The number of hydrogen-bond acceptors (Lipinski definition) is 2. The minimum absolute atomic E-state index is 0.0177. The highest BCUT2D eigenvalue weighted by Gasteiger charge is 2.29. The zero-order valence-electron chi connectivity index (χ0n) is 14.5. The van der Waals surface area contributed by atoms with Crippen LogP contribution in [0.5, 0.6) is 0 Å². The average molecular weight is 351 g/mol. The second-order valence-electron chi connectivity index (χ2n) is 6.30. The zero-order chi connectivity index (χ0) is 17.6. The Morgan fingerprint density at radius 3 is 2.40 bits per heavy atom. The number of amides is 1. The summed E-state index contributed by atoms with van der Waals surface area (Å²) in [5.74, 6) is 0.0177. The topological polar surface area (TPSA) is 33.5 Å². The average Bonchev–Trinajstić information content (AvgIpc) is 3.11. The van der Waals surface area contributed by atoms with E-state index in [9.17, 15) is 4.79 Å². The molecular weight excluding hydrogens is 328 g/mol. The smallest absolute Gasteiger partial charge is 0.287 e. The van der Waals surface area contributed by atoms with E-state index in [1.807, 2.05) is 61.5 Å². The van der Waals surface area contributed by atoms with Crippen molar-refractivity contribution in [2.45, 2.75) is 19.5 Å². The lowest BCUT2D eigenvalue weighted by Crippen LogP contribution is -3.09. The van der Waals surface area contributed by atoms with Crippen molar-refractivity contribution in [2.75, 3.05) is 12.4 Å². The summed E-state index contributed by atoms with van der Waals surface area (Å²) >= 11 is 1.73. The molecule has 3 aromatic rings. The van der Waals surface area contributed by atoms with Crippen LogP contribution < -0.4 is 10.2 Å². The van der Waals surface area contributed by atoms with E-state index in [0.717, 1.165) is 22.7 Å². The second-order valence-corrected chi connectivity index (χ2v) is 7.33. The normalized spacial score (nSPS) is 13.2. The first-order chi connectivity index (χ1) is 12.1. The molecule has 0 saturated carbocycles. The molecule has 0 saturated heterocycles. The Kier molecular flexibility index (Phi) is 5.64. The van der Waals surface area contributed by atoms with Crippen LogP contribution in [0.3, 0.4) is 0 Å². The van der Waals surface area contributed by atoms with Gasteiger partial charge in [0.05, 0.1) is 11.9 Å². The van der Waals surface area contributed by atoms with Gasteiger partial charge in [0.15, 0.2) is 6.04 Å². The fraction of sp³-hybridized carbons (Fsp3) is 0.190. The molecule has 0 aliphatic rings. The Hall–Kier alpha value is -2.43. The van der Waals surface area contributed by atoms with E-state index in [4.69, 9.17) is 0 Å². The van der Waals surface area contributed by atoms with Crippen LogP contribution in [-0.4, -0.2) is 13.0 Å². The Morgan fingerprint density at radius 1 is 1.04 bits per heavy atom. The van der Waals surface area contributed by atoms with Crippen LogP contribution in [0.25, 0.3) is 0 Å². The maximum Gasteiger partial charge on any atom is 0.287 e. The second kappa shape index (κ2) is 8.10. The Labute approximate surface area is 152 Å². The van der Waals surface area contributed by atoms with Gasteiger partial charge in [-0.3, -0.25) is 4.79 Å². The van der Waals surface area contributed by atoms with Crippen LogP contribution in [0.2, 0.25) is 0 Å². The summed E-state index contributed by atoms with van der Waals surface area (Å²) in [5, 5.41) is 5.15. The third kappa shape index (κ3) is 4.56. The molecule has 0 bridgehead atoms. The number of rotatable bonds is 6. The molecule has 1 heterocycles. The van der Waals surface area contributed by atoms with Crippen LogP contribution in [0.4, 0.5) is 5.69 Å². The summed E-state index contributed by atoms with van der Waals surface area (Å²) in [6.45, 7) is 2.86. The number of anilines is 1. The fourth-order valence-electron chi connectivity index (χ4n) is 2.95. The maximum atomic E-state index is 13.0. The Balaban J connectivity index is 1.82. The first-order valence-electron chi connectivity index (χ1n) is 8.40. The molecule has 1 unspecified atom stereocenters. The molecule has 0 fully saturated rings. The third-order valence-corrected chi connectivity index (χ3v) is 5.12. The first kappa shape index (κ1) is 17.4. The molecule has 1 amide bonds. The van der Waals surface area contributed by atoms with Crippen molar-refractivity contribution >= 4 is 22.9 Å². The lowest BCUT2D eigenvalue weighted by atomic mass is 10.0. The third-order valence-electron chi connectivity index (χ3n) is 4.24. The van der Waals surface area contributed by atoms with Gasteiger partial charge in [0, 0.05) is 11.3 Å². The van der Waals surface area contributed by atoms with Crippen molar-refractivity contribution in [1.82, 2.24) is 0 Å². The number of aryl methyl sites for hydroxylation is 1. The van der Waals surface area contributed by atoms with E-state index in [1.54, 1.807) is 11.3 Å². The number of likely N-dealkylation sites (N-methyl/N-ethyl adjacent to an activating group) is 1. The molecule has 25 heavy (non-hydrogen) atoms. The molecule has 128 valence electrons. The molecule has 0 aliphatic carbocycles. The summed E-state index contributed by atoms with van der Waals surface area (Å²) < 4.78 is 0. The van der Waals surface area contributed by atoms with Gasteiger partial charge in [-0.25, -0.2) is 0 Å². The molecule has 0 spiro atoms. The number of benzene rings is 2. The van der Waals surface area contributed by atoms with Crippen LogP contribution in [0, 0.1) is 6.92 Å². The molecule has 0 aliphatic heterocycles. The number of carbonyl (C=O) groups is 1. The van der Waals surface area contributed by atoms with Gasteiger partial charge in [-0.05, 0) is 30.5 Å².